The lowest BCUT2D eigenvalue weighted by molar-refractivity contribution is -0.165. The largest absolute Gasteiger partial charge is 0.491 e. The van der Waals surface area contributed by atoms with Gasteiger partial charge < -0.3 is 9.64 Å². The van der Waals surface area contributed by atoms with E-state index in [0.717, 1.165) is 16.0 Å². The number of rotatable bonds is 8. The number of aryl methyl sites for hydroxylation is 1. The van der Waals surface area contributed by atoms with E-state index in [0.29, 0.717) is 10.8 Å². The average molecular weight is 425 g/mol. The molecular formula is C23H27N3O5. The van der Waals surface area contributed by atoms with Crippen LogP contribution < -0.4 is 4.74 Å². The van der Waals surface area contributed by atoms with Crippen LogP contribution in [0.1, 0.15) is 19.4 Å². The van der Waals surface area contributed by atoms with Gasteiger partial charge in [-0.1, -0.05) is 42.0 Å². The standard InChI is InChI=1S/C23H27N3O5/c1-16-5-7-17(8-6-16)18-9-11-20(12-10-18)31-14-19(26(30)15-27)13-25-21(28)23(2,3)24(4)22(25)29/h5-12,15,19,30H,13-14H2,1-4H3/t19-/m1/s1. The van der Waals surface area contributed by atoms with Crippen molar-refractivity contribution in [2.75, 3.05) is 20.2 Å². The smallest absolute Gasteiger partial charge is 0.327 e. The highest BCUT2D eigenvalue weighted by atomic mass is 16.5. The Morgan fingerprint density at radius 1 is 1.06 bits per heavy atom. The summed E-state index contributed by atoms with van der Waals surface area (Å²) in [4.78, 5) is 38.5. The molecule has 2 aromatic carbocycles. The number of likely N-dealkylation sites (N-methyl/N-ethyl adjacent to an activating group) is 1. The van der Waals surface area contributed by atoms with Crippen molar-refractivity contribution in [2.45, 2.75) is 32.4 Å². The van der Waals surface area contributed by atoms with Gasteiger partial charge in [-0.3, -0.25) is 19.7 Å². The van der Waals surface area contributed by atoms with Gasteiger partial charge in [-0.15, -0.1) is 0 Å². The van der Waals surface area contributed by atoms with E-state index in [1.165, 1.54) is 17.5 Å². The minimum Gasteiger partial charge on any atom is -0.491 e. The molecule has 1 heterocycles. The third kappa shape index (κ3) is 4.54. The summed E-state index contributed by atoms with van der Waals surface area (Å²) < 4.78 is 5.74. The molecule has 31 heavy (non-hydrogen) atoms. The van der Waals surface area contributed by atoms with E-state index in [9.17, 15) is 19.6 Å². The lowest BCUT2D eigenvalue weighted by Gasteiger charge is -2.26. The highest BCUT2D eigenvalue weighted by Crippen LogP contribution is 2.27. The molecule has 8 heteroatoms. The van der Waals surface area contributed by atoms with Gasteiger partial charge in [-0.2, -0.15) is 0 Å². The van der Waals surface area contributed by atoms with Gasteiger partial charge >= 0.3 is 6.03 Å². The first-order valence-corrected chi connectivity index (χ1v) is 9.97. The topological polar surface area (TPSA) is 90.4 Å². The van der Waals surface area contributed by atoms with Crippen molar-refractivity contribution in [1.29, 1.82) is 0 Å². The second-order valence-corrected chi connectivity index (χ2v) is 8.16. The van der Waals surface area contributed by atoms with Crippen LogP contribution in [0.5, 0.6) is 5.75 Å². The molecule has 0 saturated carbocycles. The zero-order valence-electron chi connectivity index (χ0n) is 18.1. The third-order valence-corrected chi connectivity index (χ3v) is 5.68. The summed E-state index contributed by atoms with van der Waals surface area (Å²) >= 11 is 0. The predicted octanol–water partition coefficient (Wildman–Crippen LogP) is 2.93. The number of urea groups is 1. The van der Waals surface area contributed by atoms with Gasteiger partial charge in [-0.25, -0.2) is 9.86 Å². The maximum Gasteiger partial charge on any atom is 0.327 e. The number of carbonyl (C=O) groups is 3. The van der Waals surface area contributed by atoms with Gasteiger partial charge in [-0.05, 0) is 44.0 Å². The highest BCUT2D eigenvalue weighted by Gasteiger charge is 2.50. The summed E-state index contributed by atoms with van der Waals surface area (Å²) in [5.41, 5.74) is 2.30. The molecule has 1 aliphatic rings. The first kappa shape index (κ1) is 22.3. The molecule has 1 N–H and O–H groups in total. The molecule has 0 aromatic heterocycles. The lowest BCUT2D eigenvalue weighted by Crippen LogP contribution is -2.48. The third-order valence-electron chi connectivity index (χ3n) is 5.68. The molecule has 0 spiro atoms. The van der Waals surface area contributed by atoms with Crippen LogP contribution in [0.2, 0.25) is 0 Å². The second-order valence-electron chi connectivity index (χ2n) is 8.16. The minimum absolute atomic E-state index is 0.0969. The van der Waals surface area contributed by atoms with E-state index in [2.05, 4.69) is 0 Å². The van der Waals surface area contributed by atoms with E-state index in [1.807, 2.05) is 43.3 Å². The fraction of sp³-hybridized carbons (Fsp3) is 0.348. The Bertz CT molecular complexity index is 956. The number of amides is 4. The predicted molar refractivity (Wildman–Crippen MR) is 115 cm³/mol. The van der Waals surface area contributed by atoms with Crippen LogP contribution in [0, 0.1) is 6.92 Å². The van der Waals surface area contributed by atoms with Gasteiger partial charge in [0.05, 0.1) is 6.54 Å². The Morgan fingerprint density at radius 2 is 1.61 bits per heavy atom. The number of hydrogen-bond acceptors (Lipinski definition) is 5. The van der Waals surface area contributed by atoms with Crippen molar-refractivity contribution >= 4 is 18.3 Å². The first-order valence-electron chi connectivity index (χ1n) is 9.97. The number of benzene rings is 2. The number of hydrogen-bond donors (Lipinski definition) is 1. The van der Waals surface area contributed by atoms with Crippen molar-refractivity contribution in [3.05, 3.63) is 54.1 Å². The molecule has 1 aliphatic heterocycles. The fourth-order valence-corrected chi connectivity index (χ4v) is 3.33. The number of ether oxygens (including phenoxy) is 1. The maximum atomic E-state index is 12.6. The van der Waals surface area contributed by atoms with Crippen LogP contribution in [0.3, 0.4) is 0 Å². The number of hydroxylamine groups is 2. The van der Waals surface area contributed by atoms with Crippen molar-refractivity contribution < 1.29 is 24.3 Å². The Kier molecular flexibility index (Phi) is 6.31. The molecule has 0 unspecified atom stereocenters. The van der Waals surface area contributed by atoms with Gasteiger partial charge in [0, 0.05) is 7.05 Å². The highest BCUT2D eigenvalue weighted by molar-refractivity contribution is 6.06. The fourth-order valence-electron chi connectivity index (χ4n) is 3.33. The normalized spacial score (nSPS) is 16.4. The molecule has 164 valence electrons. The van der Waals surface area contributed by atoms with E-state index < -0.39 is 23.5 Å². The monoisotopic (exact) mass is 425 g/mol. The molecule has 2 aromatic rings. The van der Waals surface area contributed by atoms with E-state index in [-0.39, 0.29) is 19.6 Å². The minimum atomic E-state index is -0.990. The molecule has 1 saturated heterocycles. The SMILES string of the molecule is Cc1ccc(-c2ccc(OC[C@@H](CN3C(=O)N(C)C(C)(C)C3=O)N(O)C=O)cc2)cc1. The van der Waals surface area contributed by atoms with Crippen LogP contribution >= 0.6 is 0 Å². The summed E-state index contributed by atoms with van der Waals surface area (Å²) in [5, 5.41) is 10.4. The zero-order valence-corrected chi connectivity index (χ0v) is 18.1. The van der Waals surface area contributed by atoms with Crippen LogP contribution in [0.4, 0.5) is 4.79 Å². The van der Waals surface area contributed by atoms with Crippen LogP contribution in [-0.4, -0.2) is 70.2 Å². The molecule has 8 nitrogen and oxygen atoms in total. The van der Waals surface area contributed by atoms with Crippen LogP contribution in [0.25, 0.3) is 11.1 Å². The van der Waals surface area contributed by atoms with E-state index in [1.54, 1.807) is 26.0 Å². The average Bonchev–Trinajstić information content (AvgIpc) is 2.91. The zero-order chi connectivity index (χ0) is 22.8. The van der Waals surface area contributed by atoms with E-state index in [4.69, 9.17) is 4.74 Å². The molecule has 1 fully saturated rings. The van der Waals surface area contributed by atoms with E-state index >= 15 is 0 Å². The van der Waals surface area contributed by atoms with Gasteiger partial charge in [0.15, 0.2) is 0 Å². The number of carbonyl (C=O) groups excluding carboxylic acids is 3. The summed E-state index contributed by atoms with van der Waals surface area (Å²) in [7, 11) is 1.54. The molecule has 4 amide bonds. The quantitative estimate of drug-likeness (QED) is 0.304. The Morgan fingerprint density at radius 3 is 2.10 bits per heavy atom. The molecular weight excluding hydrogens is 398 g/mol. The summed E-state index contributed by atoms with van der Waals surface area (Å²) in [6, 6.07) is 14.2. The molecule has 0 radical (unpaired) electrons. The molecule has 1 atom stereocenters. The number of nitrogens with zero attached hydrogens (tertiary/aromatic N) is 3. The Hall–Kier alpha value is -3.39. The summed E-state index contributed by atoms with van der Waals surface area (Å²) in [6.07, 6.45) is 0.231. The molecule has 3 rings (SSSR count). The summed E-state index contributed by atoms with van der Waals surface area (Å²) in [6.45, 7) is 5.04. The molecule has 0 aliphatic carbocycles. The van der Waals surface area contributed by atoms with Crippen molar-refractivity contribution in [2.24, 2.45) is 0 Å². The van der Waals surface area contributed by atoms with Crippen molar-refractivity contribution in [3.63, 3.8) is 0 Å². The van der Waals surface area contributed by atoms with Crippen molar-refractivity contribution in [3.8, 4) is 16.9 Å². The first-order chi connectivity index (χ1) is 14.6. The lowest BCUT2D eigenvalue weighted by atomic mass is 10.0. The number of imide groups is 1. The van der Waals surface area contributed by atoms with Gasteiger partial charge in [0.2, 0.25) is 6.41 Å². The Balaban J connectivity index is 1.68. The maximum absolute atomic E-state index is 12.6. The second kappa shape index (κ2) is 8.77. The Labute approximate surface area is 181 Å². The summed E-state index contributed by atoms with van der Waals surface area (Å²) in [5.74, 6) is 0.142. The van der Waals surface area contributed by atoms with Crippen LogP contribution in [-0.2, 0) is 9.59 Å². The van der Waals surface area contributed by atoms with Crippen molar-refractivity contribution in [1.82, 2.24) is 14.9 Å². The van der Waals surface area contributed by atoms with Crippen LogP contribution in [0.15, 0.2) is 48.5 Å². The van der Waals surface area contributed by atoms with Gasteiger partial charge in [0.25, 0.3) is 5.91 Å². The van der Waals surface area contributed by atoms with Gasteiger partial charge in [0.1, 0.15) is 23.9 Å². The molecule has 0 bridgehead atoms.